The smallest absolute Gasteiger partial charge is 0.462 e. The van der Waals surface area contributed by atoms with Crippen molar-refractivity contribution < 1.29 is 99.6 Å². The number of imidazole rings is 1. The number of aromatic nitrogens is 4. The molecule has 0 bridgehead atoms. The highest BCUT2D eigenvalue weighted by atomic mass is 31.3. The van der Waals surface area contributed by atoms with Gasteiger partial charge in [-0.15, -0.1) is 0 Å². The van der Waals surface area contributed by atoms with Gasteiger partial charge in [0.25, 0.3) is 0 Å². The Bertz CT molecular complexity index is 1860. The summed E-state index contributed by atoms with van der Waals surface area (Å²) in [4.78, 5) is 92.9. The molecule has 2 aromatic heterocycles. The zero-order valence-corrected chi connectivity index (χ0v) is 31.1. The predicted octanol–water partition coefficient (Wildman–Crippen LogP) is -1.71. The molecular weight excluding hydrogens is 792 g/mol. The van der Waals surface area contributed by atoms with E-state index in [-0.39, 0.29) is 17.0 Å². The zero-order valence-electron chi connectivity index (χ0n) is 29.3. The van der Waals surface area contributed by atoms with Crippen molar-refractivity contribution in [3.63, 3.8) is 0 Å². The van der Waals surface area contributed by atoms with E-state index >= 15 is 0 Å². The molecule has 2 aliphatic rings. The standard InChI is InChI=1S/C27H37N5O21P2/c1-10(33)44-6-16(46-11(2)34)20-21(47-12(3)35)22(48-13(4)36)23(49-14(5)37)27(51-20)52-55(42,43)53-54(40,41)45-7-15-18(38)19(39)26(50-15)32-9-31-17-24(28)29-8-30-25(17)32/h8-9,15-16,18-23,26-27,38-39H,6-7H2,1-5H3,(H,40,41)(H,42,43)(H2,28,29,30)/t15-,16+,18-,19-,20-,21-,22+,23+,26-,27+/m1/s1. The number of nitrogen functional groups attached to an aromatic ring is 1. The van der Waals surface area contributed by atoms with Crippen molar-refractivity contribution in [2.24, 2.45) is 0 Å². The van der Waals surface area contributed by atoms with E-state index in [1.165, 1.54) is 10.9 Å². The molecule has 2 fully saturated rings. The number of aliphatic hydroxyl groups is 2. The summed E-state index contributed by atoms with van der Waals surface area (Å²) >= 11 is 0. The van der Waals surface area contributed by atoms with Crippen molar-refractivity contribution in [1.29, 1.82) is 0 Å². The number of nitrogens with two attached hydrogens (primary N) is 1. The Morgan fingerprint density at radius 3 is 2.05 bits per heavy atom. The molecule has 306 valence electrons. The van der Waals surface area contributed by atoms with E-state index in [2.05, 4.69) is 19.3 Å². The summed E-state index contributed by atoms with van der Waals surface area (Å²) < 4.78 is 78.4. The third kappa shape index (κ3) is 11.2. The second-order valence-corrected chi connectivity index (χ2v) is 14.7. The van der Waals surface area contributed by atoms with Crippen molar-refractivity contribution in [2.75, 3.05) is 18.9 Å². The van der Waals surface area contributed by atoms with Gasteiger partial charge in [0, 0.05) is 34.6 Å². The van der Waals surface area contributed by atoms with E-state index in [4.69, 9.17) is 47.9 Å². The van der Waals surface area contributed by atoms with Crippen LogP contribution >= 0.6 is 15.6 Å². The number of phosphoric ester groups is 2. The lowest BCUT2D eigenvalue weighted by Crippen LogP contribution is -2.65. The van der Waals surface area contributed by atoms with Crippen LogP contribution in [0, 0.1) is 0 Å². The number of hydrogen-bond donors (Lipinski definition) is 5. The number of ether oxygens (including phenoxy) is 7. The summed E-state index contributed by atoms with van der Waals surface area (Å²) in [7, 11) is -11.7. The van der Waals surface area contributed by atoms with Gasteiger partial charge in [-0.05, 0) is 0 Å². The van der Waals surface area contributed by atoms with E-state index in [9.17, 15) is 53.1 Å². The van der Waals surface area contributed by atoms with Crippen LogP contribution in [0.5, 0.6) is 0 Å². The van der Waals surface area contributed by atoms with Gasteiger partial charge < -0.3 is 58.9 Å². The summed E-state index contributed by atoms with van der Waals surface area (Å²) in [5.41, 5.74) is 6.00. The summed E-state index contributed by atoms with van der Waals surface area (Å²) in [6, 6.07) is 0. The number of aliphatic hydroxyl groups excluding tert-OH is 2. The molecule has 0 amide bonds. The fourth-order valence-electron chi connectivity index (χ4n) is 5.42. The second-order valence-electron chi connectivity index (χ2n) is 11.7. The molecule has 4 rings (SSSR count). The largest absolute Gasteiger partial charge is 0.483 e. The van der Waals surface area contributed by atoms with E-state index in [0.29, 0.717) is 0 Å². The van der Waals surface area contributed by atoms with Crippen LogP contribution in [0.1, 0.15) is 40.8 Å². The molecule has 0 spiro atoms. The van der Waals surface area contributed by atoms with Gasteiger partial charge in [-0.3, -0.25) is 37.6 Å². The highest BCUT2D eigenvalue weighted by molar-refractivity contribution is 7.61. The van der Waals surface area contributed by atoms with Gasteiger partial charge in [-0.2, -0.15) is 4.31 Å². The minimum atomic E-state index is -5.95. The van der Waals surface area contributed by atoms with Crippen molar-refractivity contribution in [3.05, 3.63) is 12.7 Å². The minimum Gasteiger partial charge on any atom is -0.462 e. The highest BCUT2D eigenvalue weighted by Crippen LogP contribution is 2.61. The predicted molar refractivity (Wildman–Crippen MR) is 171 cm³/mol. The van der Waals surface area contributed by atoms with Gasteiger partial charge in [0.15, 0.2) is 42.1 Å². The SMILES string of the molecule is CC(=O)OC[C@H](OC(C)=O)[C@H]1O[C@@H](OP(=O)(O)OP(=O)(O)OC[C@H]2O[C@@H](n3cnc4c(N)ncnc43)[C@H](O)[C@@H]2O)[C@@H](OC(C)=O)[C@@H](OC(C)=O)[C@@H]1OC(C)=O. The first-order valence-corrected chi connectivity index (χ1v) is 18.7. The Morgan fingerprint density at radius 1 is 0.836 bits per heavy atom. The topological polar surface area (TPSA) is 362 Å². The molecule has 2 unspecified atom stereocenters. The molecule has 0 aliphatic carbocycles. The number of rotatable bonds is 15. The Morgan fingerprint density at radius 2 is 1.45 bits per heavy atom. The first-order chi connectivity index (χ1) is 25.6. The molecule has 0 saturated carbocycles. The Kier molecular flexibility index (Phi) is 14.0. The Hall–Kier alpha value is -4.20. The number of fused-ring (bicyclic) bond motifs is 1. The van der Waals surface area contributed by atoms with Gasteiger partial charge in [0.05, 0.1) is 12.9 Å². The number of hydrogen-bond acceptors (Lipinski definition) is 23. The molecule has 55 heavy (non-hydrogen) atoms. The lowest BCUT2D eigenvalue weighted by Gasteiger charge is -2.45. The first-order valence-electron chi connectivity index (χ1n) is 15.7. The first kappa shape index (κ1) is 43.5. The minimum absolute atomic E-state index is 0.00339. The maximum absolute atomic E-state index is 13.2. The lowest BCUT2D eigenvalue weighted by molar-refractivity contribution is -0.301. The molecule has 28 heteroatoms. The maximum atomic E-state index is 13.2. The van der Waals surface area contributed by atoms with Crippen LogP contribution in [-0.2, 0) is 79.6 Å². The monoisotopic (exact) mass is 829 g/mol. The number of carbonyl (C=O) groups excluding carboxylic acids is 5. The molecule has 2 aromatic rings. The highest BCUT2D eigenvalue weighted by Gasteiger charge is 2.57. The number of anilines is 1. The van der Waals surface area contributed by atoms with Crippen molar-refractivity contribution in [2.45, 2.75) is 96.0 Å². The van der Waals surface area contributed by atoms with Crippen LogP contribution in [0.2, 0.25) is 0 Å². The molecule has 4 heterocycles. The van der Waals surface area contributed by atoms with Gasteiger partial charge in [-0.25, -0.2) is 24.1 Å². The van der Waals surface area contributed by atoms with Crippen LogP contribution in [-0.4, -0.2) is 138 Å². The van der Waals surface area contributed by atoms with Gasteiger partial charge in [0.2, 0.25) is 6.29 Å². The van der Waals surface area contributed by atoms with E-state index in [1.807, 2.05) is 0 Å². The lowest BCUT2D eigenvalue weighted by atomic mass is 9.94. The summed E-state index contributed by atoms with van der Waals surface area (Å²) in [6.45, 7) is 2.71. The normalized spacial score (nSPS) is 29.3. The Balaban J connectivity index is 1.57. The number of esters is 5. The van der Waals surface area contributed by atoms with Crippen LogP contribution in [0.25, 0.3) is 11.2 Å². The van der Waals surface area contributed by atoms with E-state index < -0.39 is 120 Å². The van der Waals surface area contributed by atoms with Crippen LogP contribution in [0.3, 0.4) is 0 Å². The number of nitrogens with zero attached hydrogens (tertiary/aromatic N) is 4. The molecule has 0 aromatic carbocycles. The molecule has 0 radical (unpaired) electrons. The third-order valence-electron chi connectivity index (χ3n) is 7.42. The van der Waals surface area contributed by atoms with Crippen LogP contribution in [0.15, 0.2) is 12.7 Å². The molecular formula is C27H37N5O21P2. The zero-order chi connectivity index (χ0) is 41.0. The van der Waals surface area contributed by atoms with Crippen LogP contribution < -0.4 is 5.73 Å². The summed E-state index contributed by atoms with van der Waals surface area (Å²) in [5, 5.41) is 21.2. The van der Waals surface area contributed by atoms with E-state index in [1.54, 1.807) is 0 Å². The third-order valence-corrected chi connectivity index (χ3v) is 10.0. The molecule has 26 nitrogen and oxygen atoms in total. The molecule has 12 atom stereocenters. The average Bonchev–Trinajstić information content (AvgIpc) is 3.60. The maximum Gasteiger partial charge on any atom is 0.483 e. The second kappa shape index (κ2) is 17.7. The van der Waals surface area contributed by atoms with Gasteiger partial charge in [-0.1, -0.05) is 0 Å². The average molecular weight is 830 g/mol. The fourth-order valence-corrected chi connectivity index (χ4v) is 7.58. The fraction of sp³-hybridized carbons (Fsp3) is 0.630. The van der Waals surface area contributed by atoms with Crippen molar-refractivity contribution in [3.8, 4) is 0 Å². The molecule has 6 N–H and O–H groups in total. The molecule has 2 aliphatic heterocycles. The molecule has 2 saturated heterocycles. The van der Waals surface area contributed by atoms with Crippen LogP contribution in [0.4, 0.5) is 5.82 Å². The number of phosphoric acid groups is 2. The summed E-state index contributed by atoms with van der Waals surface area (Å²) in [5.74, 6) is -5.18. The summed E-state index contributed by atoms with van der Waals surface area (Å²) in [6.07, 6.45) is -16.2. The van der Waals surface area contributed by atoms with Gasteiger partial charge in [0.1, 0.15) is 42.9 Å². The van der Waals surface area contributed by atoms with Crippen molar-refractivity contribution >= 4 is 62.5 Å². The van der Waals surface area contributed by atoms with Gasteiger partial charge >= 0.3 is 45.5 Å². The number of carbonyl (C=O) groups is 5. The quantitative estimate of drug-likeness (QED) is 0.0758. The Labute approximate surface area is 309 Å². The van der Waals surface area contributed by atoms with E-state index in [0.717, 1.165) is 40.9 Å². The van der Waals surface area contributed by atoms with Crippen molar-refractivity contribution in [1.82, 2.24) is 19.5 Å².